The number of benzene rings is 1. The lowest BCUT2D eigenvalue weighted by atomic mass is 10.3. The first kappa shape index (κ1) is 13.6. The molecule has 0 N–H and O–H groups in total. The molecule has 7 heteroatoms. The van der Waals surface area contributed by atoms with Gasteiger partial charge in [0.15, 0.2) is 5.15 Å². The van der Waals surface area contributed by atoms with Crippen LogP contribution in [0.2, 0.25) is 5.15 Å². The van der Waals surface area contributed by atoms with Crippen molar-refractivity contribution < 1.29 is 9.47 Å². The normalized spacial score (nSPS) is 10.2. The maximum Gasteiger partial charge on any atom is 0.267 e. The number of methoxy groups -OCH3 is 1. The third-order valence-corrected chi connectivity index (χ3v) is 3.41. The average Bonchev–Trinajstić information content (AvgIpc) is 2.33. The van der Waals surface area contributed by atoms with Gasteiger partial charge >= 0.3 is 0 Å². The van der Waals surface area contributed by atoms with Crippen molar-refractivity contribution in [3.63, 3.8) is 0 Å². The summed E-state index contributed by atoms with van der Waals surface area (Å²) in [6, 6.07) is 5.52. The van der Waals surface area contributed by atoms with Gasteiger partial charge in [-0.2, -0.15) is 4.98 Å². The molecule has 1 heterocycles. The van der Waals surface area contributed by atoms with Gasteiger partial charge in [-0.25, -0.2) is 4.98 Å². The van der Waals surface area contributed by atoms with Gasteiger partial charge in [0.05, 0.1) is 11.6 Å². The number of halogens is 3. The van der Waals surface area contributed by atoms with E-state index in [4.69, 9.17) is 21.1 Å². The van der Waals surface area contributed by atoms with E-state index in [-0.39, 0.29) is 11.0 Å². The summed E-state index contributed by atoms with van der Waals surface area (Å²) in [7, 11) is 1.48. The first-order valence-corrected chi connectivity index (χ1v) is 6.75. The third-order valence-electron chi connectivity index (χ3n) is 2.03. The molecule has 0 aliphatic rings. The van der Waals surface area contributed by atoms with Gasteiger partial charge in [-0.3, -0.25) is 0 Å². The summed E-state index contributed by atoms with van der Waals surface area (Å²) in [6.45, 7) is 0. The Labute approximate surface area is 126 Å². The van der Waals surface area contributed by atoms with Gasteiger partial charge < -0.3 is 9.47 Å². The van der Waals surface area contributed by atoms with Crippen molar-refractivity contribution in [2.24, 2.45) is 0 Å². The van der Waals surface area contributed by atoms with Crippen molar-refractivity contribution in [1.82, 2.24) is 9.97 Å². The average molecular weight is 394 g/mol. The minimum absolute atomic E-state index is 0.204. The van der Waals surface area contributed by atoms with Crippen molar-refractivity contribution in [1.29, 1.82) is 0 Å². The van der Waals surface area contributed by atoms with Crippen LogP contribution in [0, 0.1) is 0 Å². The molecule has 2 aromatic rings. The summed E-state index contributed by atoms with van der Waals surface area (Å²) in [4.78, 5) is 7.81. The summed E-state index contributed by atoms with van der Waals surface area (Å²) < 4.78 is 12.5. The SMILES string of the molecule is COc1c(Cl)ncnc1Oc1ccc(Br)cc1Br. The molecule has 0 saturated carbocycles. The van der Waals surface area contributed by atoms with E-state index in [2.05, 4.69) is 41.8 Å². The molecule has 94 valence electrons. The molecule has 0 aliphatic heterocycles. The van der Waals surface area contributed by atoms with Crippen LogP contribution in [-0.2, 0) is 0 Å². The quantitative estimate of drug-likeness (QED) is 0.721. The van der Waals surface area contributed by atoms with Gasteiger partial charge in [-0.15, -0.1) is 0 Å². The highest BCUT2D eigenvalue weighted by atomic mass is 79.9. The van der Waals surface area contributed by atoms with Gasteiger partial charge in [-0.1, -0.05) is 27.5 Å². The number of ether oxygens (including phenoxy) is 2. The van der Waals surface area contributed by atoms with E-state index in [1.807, 2.05) is 12.1 Å². The highest BCUT2D eigenvalue weighted by Crippen LogP contribution is 2.37. The van der Waals surface area contributed by atoms with Crippen LogP contribution in [0.15, 0.2) is 33.5 Å². The Morgan fingerprint density at radius 1 is 1.22 bits per heavy atom. The zero-order valence-electron chi connectivity index (χ0n) is 9.15. The fraction of sp³-hybridized carbons (Fsp3) is 0.0909. The molecule has 0 spiro atoms. The van der Waals surface area contributed by atoms with E-state index >= 15 is 0 Å². The van der Waals surface area contributed by atoms with Crippen LogP contribution in [-0.4, -0.2) is 17.1 Å². The molecule has 0 aliphatic carbocycles. The van der Waals surface area contributed by atoms with Crippen LogP contribution in [0.3, 0.4) is 0 Å². The van der Waals surface area contributed by atoms with Crippen molar-refractivity contribution in [2.75, 3.05) is 7.11 Å². The Morgan fingerprint density at radius 2 is 2.00 bits per heavy atom. The minimum Gasteiger partial charge on any atom is -0.489 e. The van der Waals surface area contributed by atoms with E-state index in [0.29, 0.717) is 11.5 Å². The highest BCUT2D eigenvalue weighted by molar-refractivity contribution is 9.11. The highest BCUT2D eigenvalue weighted by Gasteiger charge is 2.14. The summed E-state index contributed by atoms with van der Waals surface area (Å²) >= 11 is 12.6. The van der Waals surface area contributed by atoms with E-state index in [0.717, 1.165) is 8.95 Å². The smallest absolute Gasteiger partial charge is 0.267 e. The molecule has 0 fully saturated rings. The van der Waals surface area contributed by atoms with Gasteiger partial charge in [0.1, 0.15) is 12.1 Å². The van der Waals surface area contributed by atoms with Gasteiger partial charge in [-0.05, 0) is 34.1 Å². The van der Waals surface area contributed by atoms with E-state index < -0.39 is 0 Å². The Morgan fingerprint density at radius 3 is 2.67 bits per heavy atom. The predicted molar refractivity (Wildman–Crippen MR) is 75.5 cm³/mol. The van der Waals surface area contributed by atoms with Crippen LogP contribution >= 0.6 is 43.5 Å². The molecule has 4 nitrogen and oxygen atoms in total. The van der Waals surface area contributed by atoms with Crippen LogP contribution in [0.4, 0.5) is 0 Å². The summed E-state index contributed by atoms with van der Waals surface area (Å²) in [5, 5.41) is 0.204. The van der Waals surface area contributed by atoms with Gasteiger partial charge in [0.2, 0.25) is 5.75 Å². The Hall–Kier alpha value is -0.850. The topological polar surface area (TPSA) is 44.2 Å². The second kappa shape index (κ2) is 5.86. The minimum atomic E-state index is 0.204. The second-order valence-corrected chi connectivity index (χ2v) is 5.31. The van der Waals surface area contributed by atoms with Crippen molar-refractivity contribution in [3.05, 3.63) is 38.6 Å². The van der Waals surface area contributed by atoms with E-state index in [1.165, 1.54) is 13.4 Å². The second-order valence-electron chi connectivity index (χ2n) is 3.18. The van der Waals surface area contributed by atoms with Crippen LogP contribution < -0.4 is 9.47 Å². The third kappa shape index (κ3) is 2.93. The first-order valence-electron chi connectivity index (χ1n) is 4.79. The molecule has 0 unspecified atom stereocenters. The lowest BCUT2D eigenvalue weighted by Crippen LogP contribution is -1.96. The molecule has 1 aromatic carbocycles. The first-order chi connectivity index (χ1) is 8.61. The zero-order valence-corrected chi connectivity index (χ0v) is 13.1. The molecule has 2 rings (SSSR count). The monoisotopic (exact) mass is 392 g/mol. The lowest BCUT2D eigenvalue weighted by molar-refractivity contribution is 0.366. The molecule has 0 amide bonds. The van der Waals surface area contributed by atoms with Crippen LogP contribution in [0.1, 0.15) is 0 Å². The molecule has 18 heavy (non-hydrogen) atoms. The lowest BCUT2D eigenvalue weighted by Gasteiger charge is -2.10. The molecule has 0 radical (unpaired) electrons. The van der Waals surface area contributed by atoms with Crippen LogP contribution in [0.5, 0.6) is 17.4 Å². The Kier molecular flexibility index (Phi) is 4.42. The molecule has 1 aromatic heterocycles. The Balaban J connectivity index is 2.37. The maximum absolute atomic E-state index is 5.89. The predicted octanol–water partition coefficient (Wildman–Crippen LogP) is 4.46. The van der Waals surface area contributed by atoms with Crippen molar-refractivity contribution >= 4 is 43.5 Å². The number of hydrogen-bond donors (Lipinski definition) is 0. The number of aromatic nitrogens is 2. The largest absolute Gasteiger partial charge is 0.489 e. The van der Waals surface area contributed by atoms with E-state index in [1.54, 1.807) is 6.07 Å². The molecule has 0 bridgehead atoms. The fourth-order valence-corrected chi connectivity index (χ4v) is 2.57. The van der Waals surface area contributed by atoms with Crippen LogP contribution in [0.25, 0.3) is 0 Å². The fourth-order valence-electron chi connectivity index (χ4n) is 1.24. The molecular formula is C11H7Br2ClN2O2. The van der Waals surface area contributed by atoms with E-state index in [9.17, 15) is 0 Å². The van der Waals surface area contributed by atoms with Crippen molar-refractivity contribution in [3.8, 4) is 17.4 Å². The summed E-state index contributed by atoms with van der Waals surface area (Å²) in [5.74, 6) is 1.17. The van der Waals surface area contributed by atoms with Crippen molar-refractivity contribution in [2.45, 2.75) is 0 Å². The number of rotatable bonds is 3. The Bertz CT molecular complexity index is 581. The summed E-state index contributed by atoms with van der Waals surface area (Å²) in [6.07, 6.45) is 1.31. The maximum atomic E-state index is 5.89. The summed E-state index contributed by atoms with van der Waals surface area (Å²) in [5.41, 5.74) is 0. The standard InChI is InChI=1S/C11H7Br2ClN2O2/c1-17-9-10(14)15-5-16-11(9)18-8-3-2-6(12)4-7(8)13/h2-5H,1H3. The number of hydrogen-bond acceptors (Lipinski definition) is 4. The van der Waals surface area contributed by atoms with Gasteiger partial charge in [0, 0.05) is 4.47 Å². The molecule has 0 atom stereocenters. The molecular weight excluding hydrogens is 387 g/mol. The number of nitrogens with zero attached hydrogens (tertiary/aromatic N) is 2. The molecule has 0 saturated heterocycles. The van der Waals surface area contributed by atoms with Gasteiger partial charge in [0.25, 0.3) is 5.88 Å². The zero-order chi connectivity index (χ0) is 13.1.